The van der Waals surface area contributed by atoms with Crippen molar-refractivity contribution < 1.29 is 38.9 Å². The summed E-state index contributed by atoms with van der Waals surface area (Å²) in [4.78, 5) is 49.9. The van der Waals surface area contributed by atoms with E-state index in [-0.39, 0.29) is 18.8 Å². The molecule has 1 atom stereocenters. The van der Waals surface area contributed by atoms with Crippen LogP contribution in [-0.4, -0.2) is 71.2 Å². The predicted molar refractivity (Wildman–Crippen MR) is 149 cm³/mol. The summed E-state index contributed by atoms with van der Waals surface area (Å²) >= 11 is 6.92. The molecule has 0 aromatic heterocycles. The summed E-state index contributed by atoms with van der Waals surface area (Å²) in [6, 6.07) is 12.3. The highest BCUT2D eigenvalue weighted by atomic mass is 79.9. The average molecular weight is 659 g/mol. The number of rotatable bonds is 14. The van der Waals surface area contributed by atoms with Gasteiger partial charge >= 0.3 is 24.1 Å². The second-order valence-corrected chi connectivity index (χ2v) is 9.58. The Hall–Kier alpha value is -3.32. The molecule has 3 N–H and O–H groups in total. The first-order valence-corrected chi connectivity index (χ1v) is 13.8. The van der Waals surface area contributed by atoms with Crippen molar-refractivity contribution in [3.05, 3.63) is 54.1 Å². The van der Waals surface area contributed by atoms with Crippen LogP contribution in [0.15, 0.2) is 48.5 Å². The molecule has 0 aliphatic heterocycles. The van der Waals surface area contributed by atoms with Gasteiger partial charge in [0, 0.05) is 48.6 Å². The second-order valence-electron chi connectivity index (χ2n) is 8.00. The third-order valence-electron chi connectivity index (χ3n) is 5.32. The highest BCUT2D eigenvalue weighted by Crippen LogP contribution is 2.21. The lowest BCUT2D eigenvalue weighted by atomic mass is 10.1. The largest absolute Gasteiger partial charge is 0.481 e. The first kappa shape index (κ1) is 30.9. The zero-order valence-corrected chi connectivity index (χ0v) is 23.8. The van der Waals surface area contributed by atoms with Gasteiger partial charge in [0.25, 0.3) is 0 Å². The smallest absolute Gasteiger partial charge is 0.414 e. The third kappa shape index (κ3) is 10.2. The summed E-state index contributed by atoms with van der Waals surface area (Å²) < 4.78 is 10.4. The number of anilines is 2. The normalized spacial score (nSPS) is 11.2. The number of carboxylic acid groups (broad SMARTS) is 2. The van der Waals surface area contributed by atoms with E-state index < -0.39 is 36.6 Å². The zero-order chi connectivity index (χ0) is 28.1. The fraction of sp³-hybridized carbons (Fsp3) is 0.360. The van der Waals surface area contributed by atoms with Crippen LogP contribution in [-0.2, 0) is 20.9 Å². The number of halogens is 2. The minimum absolute atomic E-state index is 0.0196. The average Bonchev–Trinajstić information content (AvgIpc) is 2.89. The van der Waals surface area contributed by atoms with E-state index in [0.717, 1.165) is 29.4 Å². The number of hydrogen-bond donors (Lipinski definition) is 3. The monoisotopic (exact) mass is 657 g/mol. The third-order valence-corrected chi connectivity index (χ3v) is 6.03. The van der Waals surface area contributed by atoms with Gasteiger partial charge in [0.1, 0.15) is 18.4 Å². The number of benzene rings is 2. The van der Waals surface area contributed by atoms with Crippen LogP contribution < -0.4 is 19.9 Å². The standard InChI is InChI=1S/C25H29Br2N3O8/c1-29(18-4-6-19(7-5-18)30(14-12-26)15-13-27)25(36)37-16-17-2-8-20(9-3-17)38-24(35)28-21(23(33)34)10-11-22(31)32/h2-9,21H,10-16H2,1H3,(H,28,35)(H,31,32)(H,33,34)/t21-/m0/s1. The Kier molecular flexibility index (Phi) is 12.9. The number of aliphatic carboxylic acids is 2. The van der Waals surface area contributed by atoms with Gasteiger partial charge in [-0.1, -0.05) is 44.0 Å². The molecule has 38 heavy (non-hydrogen) atoms. The number of nitrogens with zero attached hydrogens (tertiary/aromatic N) is 2. The summed E-state index contributed by atoms with van der Waals surface area (Å²) in [6.45, 7) is 1.69. The first-order chi connectivity index (χ1) is 18.1. The lowest BCUT2D eigenvalue weighted by molar-refractivity contribution is -0.140. The van der Waals surface area contributed by atoms with E-state index in [2.05, 4.69) is 42.1 Å². The van der Waals surface area contributed by atoms with E-state index in [1.807, 2.05) is 24.3 Å². The number of amides is 2. The number of alkyl halides is 2. The maximum atomic E-state index is 12.5. The molecule has 2 amide bonds. The fourth-order valence-electron chi connectivity index (χ4n) is 3.27. The minimum Gasteiger partial charge on any atom is -0.481 e. The van der Waals surface area contributed by atoms with Crippen molar-refractivity contribution in [2.24, 2.45) is 0 Å². The van der Waals surface area contributed by atoms with Gasteiger partial charge in [-0.15, -0.1) is 0 Å². The number of hydrogen-bond acceptors (Lipinski definition) is 7. The Morgan fingerprint density at radius 2 is 1.50 bits per heavy atom. The fourth-order valence-corrected chi connectivity index (χ4v) is 4.12. The summed E-state index contributed by atoms with van der Waals surface area (Å²) in [5.41, 5.74) is 2.36. The molecule has 0 saturated heterocycles. The number of ether oxygens (including phenoxy) is 2. The van der Waals surface area contributed by atoms with Crippen molar-refractivity contribution >= 4 is 67.4 Å². The van der Waals surface area contributed by atoms with Gasteiger partial charge in [0.15, 0.2) is 0 Å². The Labute approximate surface area is 236 Å². The number of nitrogens with one attached hydrogen (secondary N) is 1. The molecule has 11 nitrogen and oxygen atoms in total. The topological polar surface area (TPSA) is 146 Å². The van der Waals surface area contributed by atoms with E-state index in [4.69, 9.17) is 19.7 Å². The van der Waals surface area contributed by atoms with Crippen LogP contribution >= 0.6 is 31.9 Å². The maximum absolute atomic E-state index is 12.5. The number of carbonyl (C=O) groups excluding carboxylic acids is 2. The Morgan fingerprint density at radius 1 is 0.921 bits per heavy atom. The van der Waals surface area contributed by atoms with Crippen molar-refractivity contribution in [1.29, 1.82) is 0 Å². The molecule has 0 heterocycles. The Morgan fingerprint density at radius 3 is 2.03 bits per heavy atom. The van der Waals surface area contributed by atoms with Gasteiger partial charge in [0.05, 0.1) is 0 Å². The number of carbonyl (C=O) groups is 4. The second kappa shape index (κ2) is 15.8. The zero-order valence-electron chi connectivity index (χ0n) is 20.6. The van der Waals surface area contributed by atoms with Gasteiger partial charge in [-0.2, -0.15) is 0 Å². The van der Waals surface area contributed by atoms with E-state index in [1.54, 1.807) is 19.2 Å². The molecule has 0 fully saturated rings. The molecule has 0 unspecified atom stereocenters. The molecule has 2 aromatic carbocycles. The van der Waals surface area contributed by atoms with E-state index in [9.17, 15) is 19.2 Å². The van der Waals surface area contributed by atoms with E-state index in [0.29, 0.717) is 11.3 Å². The molecule has 0 aliphatic rings. The van der Waals surface area contributed by atoms with Crippen LogP contribution in [0.5, 0.6) is 5.75 Å². The maximum Gasteiger partial charge on any atom is 0.414 e. The highest BCUT2D eigenvalue weighted by molar-refractivity contribution is 9.09. The van der Waals surface area contributed by atoms with Crippen LogP contribution in [0.2, 0.25) is 0 Å². The molecule has 0 spiro atoms. The lowest BCUT2D eigenvalue weighted by Crippen LogP contribution is -2.42. The summed E-state index contributed by atoms with van der Waals surface area (Å²) in [6.07, 6.45) is -2.28. The Balaban J connectivity index is 1.87. The summed E-state index contributed by atoms with van der Waals surface area (Å²) in [7, 11) is 1.61. The van der Waals surface area contributed by atoms with E-state index >= 15 is 0 Å². The van der Waals surface area contributed by atoms with Crippen molar-refractivity contribution in [3.8, 4) is 5.75 Å². The van der Waals surface area contributed by atoms with Crippen LogP contribution in [0, 0.1) is 0 Å². The van der Waals surface area contributed by atoms with Crippen molar-refractivity contribution in [2.45, 2.75) is 25.5 Å². The minimum atomic E-state index is -1.40. The molecule has 13 heteroatoms. The van der Waals surface area contributed by atoms with Crippen LogP contribution in [0.25, 0.3) is 0 Å². The van der Waals surface area contributed by atoms with Gasteiger partial charge in [0.2, 0.25) is 0 Å². The van der Waals surface area contributed by atoms with Crippen LogP contribution in [0.1, 0.15) is 18.4 Å². The summed E-state index contributed by atoms with van der Waals surface area (Å²) in [5, 5.41) is 21.6. The molecule has 0 saturated carbocycles. The van der Waals surface area contributed by atoms with Crippen molar-refractivity contribution in [3.63, 3.8) is 0 Å². The molecular weight excluding hydrogens is 630 g/mol. The molecule has 0 radical (unpaired) electrons. The van der Waals surface area contributed by atoms with Gasteiger partial charge in [-0.25, -0.2) is 14.4 Å². The molecule has 2 aromatic rings. The van der Waals surface area contributed by atoms with E-state index in [1.165, 1.54) is 17.0 Å². The molecule has 2 rings (SSSR count). The molecule has 0 bridgehead atoms. The highest BCUT2D eigenvalue weighted by Gasteiger charge is 2.22. The quantitative estimate of drug-likeness (QED) is 0.250. The van der Waals surface area contributed by atoms with Gasteiger partial charge in [-0.05, 0) is 48.4 Å². The van der Waals surface area contributed by atoms with Crippen LogP contribution in [0.4, 0.5) is 21.0 Å². The lowest BCUT2D eigenvalue weighted by Gasteiger charge is -2.24. The SMILES string of the molecule is CN(C(=O)OCc1ccc(OC(=O)N[C@@H](CCC(=O)O)C(=O)O)cc1)c1ccc(N(CCBr)CCBr)cc1. The first-order valence-electron chi connectivity index (χ1n) is 11.5. The van der Waals surface area contributed by atoms with Gasteiger partial charge < -0.3 is 29.9 Å². The molecular formula is C25H29Br2N3O8. The molecule has 0 aliphatic carbocycles. The van der Waals surface area contributed by atoms with Crippen molar-refractivity contribution in [1.82, 2.24) is 5.32 Å². The molecule has 206 valence electrons. The number of carboxylic acids is 2. The summed E-state index contributed by atoms with van der Waals surface area (Å²) in [5.74, 6) is -2.41. The van der Waals surface area contributed by atoms with Gasteiger partial charge in [-0.3, -0.25) is 9.69 Å². The Bertz CT molecular complexity index is 1080. The van der Waals surface area contributed by atoms with Crippen LogP contribution in [0.3, 0.4) is 0 Å². The van der Waals surface area contributed by atoms with Crippen molar-refractivity contribution in [2.75, 3.05) is 40.6 Å². The predicted octanol–water partition coefficient (Wildman–Crippen LogP) is 4.46.